The number of ether oxygens (including phenoxy) is 1. The van der Waals surface area contributed by atoms with Gasteiger partial charge in [-0.2, -0.15) is 0 Å². The Morgan fingerprint density at radius 2 is 1.67 bits per heavy atom. The summed E-state index contributed by atoms with van der Waals surface area (Å²) < 4.78 is 43.1. The van der Waals surface area contributed by atoms with Crippen molar-refractivity contribution in [1.29, 1.82) is 0 Å². The first-order valence-corrected chi connectivity index (χ1v) is 10.2. The van der Waals surface area contributed by atoms with Gasteiger partial charge in [0.1, 0.15) is 16.8 Å². The van der Waals surface area contributed by atoms with Crippen molar-refractivity contribution in [3.8, 4) is 5.75 Å². The molecule has 0 fully saturated rings. The Kier molecular flexibility index (Phi) is 6.96. The minimum Gasteiger partial charge on any atom is -0.497 e. The number of aryl methyl sites for hydroxylation is 1. The van der Waals surface area contributed by atoms with Gasteiger partial charge in [0.2, 0.25) is 5.91 Å². The molecule has 2 aromatic carbocycles. The highest BCUT2D eigenvalue weighted by molar-refractivity contribution is 7.92. The topological polar surface area (TPSA) is 72.5 Å². The van der Waals surface area contributed by atoms with Crippen LogP contribution in [0.25, 0.3) is 0 Å². The second-order valence-electron chi connectivity index (χ2n) is 6.44. The van der Waals surface area contributed by atoms with Crippen molar-refractivity contribution in [3.05, 3.63) is 59.9 Å². The molecule has 27 heavy (non-hydrogen) atoms. The Balaban J connectivity index is 1.93. The zero-order valence-electron chi connectivity index (χ0n) is 15.6. The van der Waals surface area contributed by atoms with Gasteiger partial charge in [-0.25, -0.2) is 12.8 Å². The van der Waals surface area contributed by atoms with Gasteiger partial charge in [-0.05, 0) is 68.7 Å². The molecule has 7 heteroatoms. The second kappa shape index (κ2) is 8.99. The molecule has 0 aromatic heterocycles. The van der Waals surface area contributed by atoms with Crippen LogP contribution < -0.4 is 10.1 Å². The van der Waals surface area contributed by atoms with Crippen molar-refractivity contribution in [3.63, 3.8) is 0 Å². The van der Waals surface area contributed by atoms with E-state index < -0.39 is 26.8 Å². The maximum atomic E-state index is 13.0. The Morgan fingerprint density at radius 1 is 1.07 bits per heavy atom. The molecule has 5 nitrogen and oxygen atoms in total. The summed E-state index contributed by atoms with van der Waals surface area (Å²) in [5.74, 6) is -0.320. The van der Waals surface area contributed by atoms with Crippen LogP contribution in [0.4, 0.5) is 4.39 Å². The van der Waals surface area contributed by atoms with Gasteiger partial charge in [-0.3, -0.25) is 4.79 Å². The molecule has 2 aromatic rings. The van der Waals surface area contributed by atoms with Crippen molar-refractivity contribution in [2.45, 2.75) is 42.9 Å². The predicted molar refractivity (Wildman–Crippen MR) is 102 cm³/mol. The van der Waals surface area contributed by atoms with Crippen LogP contribution in [0.1, 0.15) is 25.8 Å². The largest absolute Gasteiger partial charge is 0.497 e. The molecule has 0 saturated carbocycles. The van der Waals surface area contributed by atoms with Gasteiger partial charge in [0.25, 0.3) is 0 Å². The molecule has 2 unspecified atom stereocenters. The van der Waals surface area contributed by atoms with Gasteiger partial charge in [-0.15, -0.1) is 0 Å². The molecule has 1 N–H and O–H groups in total. The van der Waals surface area contributed by atoms with Crippen molar-refractivity contribution < 1.29 is 22.3 Å². The van der Waals surface area contributed by atoms with Gasteiger partial charge >= 0.3 is 0 Å². The Bertz CT molecular complexity index is 864. The van der Waals surface area contributed by atoms with Gasteiger partial charge in [-0.1, -0.05) is 12.1 Å². The van der Waals surface area contributed by atoms with Crippen molar-refractivity contribution in [2.75, 3.05) is 7.11 Å². The molecular weight excluding hydrogens is 369 g/mol. The van der Waals surface area contributed by atoms with Crippen LogP contribution in [0.15, 0.2) is 53.4 Å². The third kappa shape index (κ3) is 5.53. The minimum atomic E-state index is -3.87. The van der Waals surface area contributed by atoms with Crippen LogP contribution in [-0.4, -0.2) is 32.7 Å². The standard InChI is InChI=1S/C20H24FNO4S/c1-14(4-5-16-6-10-18(26-3)11-7-16)22-20(23)15(2)27(24,25)19-12-8-17(21)9-13-19/h6-15H,4-5H2,1-3H3,(H,22,23). The van der Waals surface area contributed by atoms with Crippen molar-refractivity contribution >= 4 is 15.7 Å². The van der Waals surface area contributed by atoms with Crippen molar-refractivity contribution in [2.24, 2.45) is 0 Å². The smallest absolute Gasteiger partial charge is 0.238 e. The number of hydrogen-bond donors (Lipinski definition) is 1. The number of carbonyl (C=O) groups excluding carboxylic acids is 1. The van der Waals surface area contributed by atoms with E-state index in [1.807, 2.05) is 31.2 Å². The lowest BCUT2D eigenvalue weighted by Gasteiger charge is -2.18. The number of sulfone groups is 1. The lowest BCUT2D eigenvalue weighted by molar-refractivity contribution is -0.121. The van der Waals surface area contributed by atoms with E-state index >= 15 is 0 Å². The Labute approximate surface area is 159 Å². The van der Waals surface area contributed by atoms with Crippen LogP contribution in [-0.2, 0) is 21.1 Å². The number of carbonyl (C=O) groups is 1. The van der Waals surface area contributed by atoms with Crippen LogP contribution in [0.2, 0.25) is 0 Å². The van der Waals surface area contributed by atoms with Gasteiger partial charge in [0.05, 0.1) is 12.0 Å². The second-order valence-corrected chi connectivity index (χ2v) is 8.71. The molecule has 0 aliphatic carbocycles. The molecular formula is C20H24FNO4S. The van der Waals surface area contributed by atoms with Crippen LogP contribution in [0.5, 0.6) is 5.75 Å². The fourth-order valence-electron chi connectivity index (χ4n) is 2.58. The van der Waals surface area contributed by atoms with E-state index in [1.165, 1.54) is 19.1 Å². The van der Waals surface area contributed by atoms with E-state index in [0.29, 0.717) is 6.42 Å². The van der Waals surface area contributed by atoms with Crippen LogP contribution in [0.3, 0.4) is 0 Å². The third-order valence-electron chi connectivity index (χ3n) is 4.39. The maximum absolute atomic E-state index is 13.0. The molecule has 0 heterocycles. The molecule has 0 saturated heterocycles. The molecule has 2 atom stereocenters. The summed E-state index contributed by atoms with van der Waals surface area (Å²) in [7, 11) is -2.26. The average molecular weight is 393 g/mol. The highest BCUT2D eigenvalue weighted by atomic mass is 32.2. The van der Waals surface area contributed by atoms with Crippen LogP contribution >= 0.6 is 0 Å². The monoisotopic (exact) mass is 393 g/mol. The zero-order valence-corrected chi connectivity index (χ0v) is 16.4. The first-order valence-electron chi connectivity index (χ1n) is 8.67. The lowest BCUT2D eigenvalue weighted by atomic mass is 10.1. The highest BCUT2D eigenvalue weighted by Gasteiger charge is 2.30. The number of nitrogens with one attached hydrogen (secondary N) is 1. The number of hydrogen-bond acceptors (Lipinski definition) is 4. The fraction of sp³-hybridized carbons (Fsp3) is 0.350. The minimum absolute atomic E-state index is 0.0718. The maximum Gasteiger partial charge on any atom is 0.238 e. The van der Waals surface area contributed by atoms with Gasteiger partial charge in [0, 0.05) is 6.04 Å². The zero-order chi connectivity index (χ0) is 20.0. The van der Waals surface area contributed by atoms with E-state index in [9.17, 15) is 17.6 Å². The SMILES string of the molecule is COc1ccc(CCC(C)NC(=O)C(C)S(=O)(=O)c2ccc(F)cc2)cc1. The summed E-state index contributed by atoms with van der Waals surface area (Å²) in [6, 6.07) is 11.9. The summed E-state index contributed by atoms with van der Waals surface area (Å²) in [4.78, 5) is 12.3. The molecule has 0 aliphatic rings. The lowest BCUT2D eigenvalue weighted by Crippen LogP contribution is -2.42. The average Bonchev–Trinajstić information content (AvgIpc) is 2.66. The first kappa shape index (κ1) is 20.9. The summed E-state index contributed by atoms with van der Waals surface area (Å²) in [6.45, 7) is 3.17. The number of methoxy groups -OCH3 is 1. The highest BCUT2D eigenvalue weighted by Crippen LogP contribution is 2.17. The van der Waals surface area contributed by atoms with E-state index in [2.05, 4.69) is 5.32 Å². The quantitative estimate of drug-likeness (QED) is 0.700. The molecule has 146 valence electrons. The Morgan fingerprint density at radius 3 is 2.22 bits per heavy atom. The number of benzene rings is 2. The molecule has 2 rings (SSSR count). The predicted octanol–water partition coefficient (Wildman–Crippen LogP) is 3.13. The summed E-state index contributed by atoms with van der Waals surface area (Å²) in [6.07, 6.45) is 1.41. The summed E-state index contributed by atoms with van der Waals surface area (Å²) in [5.41, 5.74) is 1.10. The van der Waals surface area contributed by atoms with E-state index in [-0.39, 0.29) is 10.9 Å². The van der Waals surface area contributed by atoms with Gasteiger partial charge < -0.3 is 10.1 Å². The molecule has 0 bridgehead atoms. The number of rotatable bonds is 8. The van der Waals surface area contributed by atoms with Crippen LogP contribution in [0, 0.1) is 5.82 Å². The van der Waals surface area contributed by atoms with Gasteiger partial charge in [0.15, 0.2) is 9.84 Å². The first-order chi connectivity index (χ1) is 12.7. The molecule has 0 spiro atoms. The summed E-state index contributed by atoms with van der Waals surface area (Å²) in [5, 5.41) is 1.48. The number of halogens is 1. The van der Waals surface area contributed by atoms with E-state index in [1.54, 1.807) is 7.11 Å². The van der Waals surface area contributed by atoms with Crippen molar-refractivity contribution in [1.82, 2.24) is 5.32 Å². The number of amides is 1. The molecule has 1 amide bonds. The Hall–Kier alpha value is -2.41. The summed E-state index contributed by atoms with van der Waals surface area (Å²) >= 11 is 0. The third-order valence-corrected chi connectivity index (χ3v) is 6.46. The van der Waals surface area contributed by atoms with E-state index in [4.69, 9.17) is 4.74 Å². The molecule has 0 radical (unpaired) electrons. The fourth-order valence-corrected chi connectivity index (χ4v) is 3.85. The molecule has 0 aliphatic heterocycles. The normalized spacial score (nSPS) is 13.6. The van der Waals surface area contributed by atoms with E-state index in [0.717, 1.165) is 29.9 Å².